The Bertz CT molecular complexity index is 716. The molecule has 0 spiro atoms. The van der Waals surface area contributed by atoms with Crippen molar-refractivity contribution in [1.29, 1.82) is 0 Å². The van der Waals surface area contributed by atoms with Gasteiger partial charge in [-0.2, -0.15) is 5.10 Å². The molecular formula is C16H19ClN4O2. The molecule has 1 unspecified atom stereocenters. The number of aromatic nitrogens is 3. The van der Waals surface area contributed by atoms with Gasteiger partial charge in [0.15, 0.2) is 5.82 Å². The van der Waals surface area contributed by atoms with Gasteiger partial charge >= 0.3 is 0 Å². The Balaban J connectivity index is 1.89. The number of benzene rings is 1. The number of rotatable bonds is 3. The summed E-state index contributed by atoms with van der Waals surface area (Å²) < 4.78 is 5.21. The number of ether oxygens (including phenoxy) is 1. The van der Waals surface area contributed by atoms with Gasteiger partial charge in [0, 0.05) is 12.1 Å². The van der Waals surface area contributed by atoms with E-state index in [0.29, 0.717) is 28.7 Å². The number of aryl methyl sites for hydroxylation is 1. The fraction of sp³-hybridized carbons (Fsp3) is 0.438. The zero-order valence-corrected chi connectivity index (χ0v) is 13.9. The van der Waals surface area contributed by atoms with Gasteiger partial charge in [0.2, 0.25) is 0 Å². The first kappa shape index (κ1) is 15.8. The average molecular weight is 335 g/mol. The number of aromatic amines is 1. The summed E-state index contributed by atoms with van der Waals surface area (Å²) >= 11 is 6.04. The number of carbonyl (C=O) groups is 1. The van der Waals surface area contributed by atoms with Crippen molar-refractivity contribution in [2.24, 2.45) is 0 Å². The monoisotopic (exact) mass is 334 g/mol. The van der Waals surface area contributed by atoms with Gasteiger partial charge in [-0.25, -0.2) is 4.98 Å². The van der Waals surface area contributed by atoms with Crippen molar-refractivity contribution in [1.82, 2.24) is 20.1 Å². The van der Waals surface area contributed by atoms with Crippen LogP contribution in [0, 0.1) is 6.92 Å². The molecule has 2 heterocycles. The van der Waals surface area contributed by atoms with Crippen molar-refractivity contribution in [3.63, 3.8) is 0 Å². The molecule has 1 aromatic heterocycles. The maximum Gasteiger partial charge on any atom is 0.254 e. The second-order valence-corrected chi connectivity index (χ2v) is 6.05. The van der Waals surface area contributed by atoms with Gasteiger partial charge in [-0.15, -0.1) is 0 Å². The summed E-state index contributed by atoms with van der Waals surface area (Å²) in [6.07, 6.45) is 2.91. The third-order valence-corrected chi connectivity index (χ3v) is 4.39. The number of likely N-dealkylation sites (tertiary alicyclic amines) is 1. The summed E-state index contributed by atoms with van der Waals surface area (Å²) in [5.41, 5.74) is 0.561. The molecule has 1 atom stereocenters. The van der Waals surface area contributed by atoms with Crippen molar-refractivity contribution in [2.75, 3.05) is 13.7 Å². The number of methoxy groups -OCH3 is 1. The van der Waals surface area contributed by atoms with Crippen LogP contribution in [-0.2, 0) is 0 Å². The summed E-state index contributed by atoms with van der Waals surface area (Å²) in [4.78, 5) is 19.2. The second-order valence-electron chi connectivity index (χ2n) is 5.64. The van der Waals surface area contributed by atoms with Gasteiger partial charge < -0.3 is 9.64 Å². The Kier molecular flexibility index (Phi) is 4.52. The lowest BCUT2D eigenvalue weighted by Gasteiger charge is -2.34. The van der Waals surface area contributed by atoms with Crippen LogP contribution in [0.5, 0.6) is 5.75 Å². The SMILES string of the molecule is COc1cc(C(=O)N2CCCCC2c2n[nH]c(C)n2)ccc1Cl. The zero-order valence-electron chi connectivity index (χ0n) is 13.2. The van der Waals surface area contributed by atoms with E-state index in [9.17, 15) is 4.79 Å². The number of nitrogens with zero attached hydrogens (tertiary/aromatic N) is 3. The summed E-state index contributed by atoms with van der Waals surface area (Å²) in [7, 11) is 1.54. The van der Waals surface area contributed by atoms with Gasteiger partial charge in [-0.3, -0.25) is 9.89 Å². The first-order valence-corrected chi connectivity index (χ1v) is 8.01. The topological polar surface area (TPSA) is 71.1 Å². The first-order valence-electron chi connectivity index (χ1n) is 7.63. The molecule has 2 aromatic rings. The predicted octanol–water partition coefficient (Wildman–Crippen LogP) is 3.14. The molecule has 0 saturated carbocycles. The normalized spacial score (nSPS) is 18.0. The molecule has 122 valence electrons. The van der Waals surface area contributed by atoms with Crippen LogP contribution in [-0.4, -0.2) is 39.6 Å². The molecule has 1 fully saturated rings. The standard InChI is InChI=1S/C16H19ClN4O2/c1-10-18-15(20-19-10)13-5-3-4-8-21(13)16(22)11-6-7-12(17)14(9-11)23-2/h6-7,9,13H,3-5,8H2,1-2H3,(H,18,19,20). The molecule has 0 radical (unpaired) electrons. The Morgan fingerprint density at radius 3 is 2.96 bits per heavy atom. The van der Waals surface area contributed by atoms with E-state index < -0.39 is 0 Å². The minimum Gasteiger partial charge on any atom is -0.495 e. The number of H-pyrrole nitrogens is 1. The fourth-order valence-corrected chi connectivity index (χ4v) is 3.11. The number of halogens is 1. The van der Waals surface area contributed by atoms with E-state index in [0.717, 1.165) is 25.1 Å². The van der Waals surface area contributed by atoms with Gasteiger partial charge in [0.25, 0.3) is 5.91 Å². The molecule has 1 aromatic carbocycles. The lowest BCUT2D eigenvalue weighted by Crippen LogP contribution is -2.39. The lowest BCUT2D eigenvalue weighted by molar-refractivity contribution is 0.0600. The maximum atomic E-state index is 12.9. The smallest absolute Gasteiger partial charge is 0.254 e. The maximum absolute atomic E-state index is 12.9. The Morgan fingerprint density at radius 2 is 2.26 bits per heavy atom. The quantitative estimate of drug-likeness (QED) is 0.936. The Hall–Kier alpha value is -2.08. The predicted molar refractivity (Wildman–Crippen MR) is 86.8 cm³/mol. The lowest BCUT2D eigenvalue weighted by atomic mass is 10.00. The van der Waals surface area contributed by atoms with Crippen molar-refractivity contribution in [3.8, 4) is 5.75 Å². The molecule has 0 bridgehead atoms. The molecule has 6 nitrogen and oxygen atoms in total. The van der Waals surface area contributed by atoms with Gasteiger partial charge in [-0.05, 0) is 44.4 Å². The van der Waals surface area contributed by atoms with E-state index in [-0.39, 0.29) is 11.9 Å². The molecule has 3 rings (SSSR count). The molecular weight excluding hydrogens is 316 g/mol. The zero-order chi connectivity index (χ0) is 16.4. The summed E-state index contributed by atoms with van der Waals surface area (Å²) in [6, 6.07) is 4.99. The van der Waals surface area contributed by atoms with Crippen molar-refractivity contribution in [2.45, 2.75) is 32.2 Å². The van der Waals surface area contributed by atoms with Gasteiger partial charge in [0.05, 0.1) is 18.2 Å². The molecule has 1 aliphatic rings. The van der Waals surface area contributed by atoms with Crippen LogP contribution >= 0.6 is 11.6 Å². The van der Waals surface area contributed by atoms with E-state index >= 15 is 0 Å². The van der Waals surface area contributed by atoms with E-state index in [4.69, 9.17) is 16.3 Å². The number of carbonyl (C=O) groups excluding carboxylic acids is 1. The highest BCUT2D eigenvalue weighted by Crippen LogP contribution is 2.32. The molecule has 1 N–H and O–H groups in total. The van der Waals surface area contributed by atoms with Crippen LogP contribution in [0.1, 0.15) is 47.3 Å². The van der Waals surface area contributed by atoms with Crippen molar-refractivity contribution >= 4 is 17.5 Å². The third-order valence-electron chi connectivity index (χ3n) is 4.07. The number of hydrogen-bond donors (Lipinski definition) is 1. The van der Waals surface area contributed by atoms with E-state index in [1.807, 2.05) is 11.8 Å². The van der Waals surface area contributed by atoms with E-state index in [1.54, 1.807) is 18.2 Å². The van der Waals surface area contributed by atoms with Crippen LogP contribution in [0.25, 0.3) is 0 Å². The van der Waals surface area contributed by atoms with Crippen LogP contribution in [0.4, 0.5) is 0 Å². The summed E-state index contributed by atoms with van der Waals surface area (Å²) in [6.45, 7) is 2.55. The number of hydrogen-bond acceptors (Lipinski definition) is 4. The minimum absolute atomic E-state index is 0.0490. The summed E-state index contributed by atoms with van der Waals surface area (Å²) in [5, 5.41) is 7.58. The van der Waals surface area contributed by atoms with Gasteiger partial charge in [0.1, 0.15) is 11.6 Å². The van der Waals surface area contributed by atoms with E-state index in [1.165, 1.54) is 7.11 Å². The Labute approximate surface area is 139 Å². The summed E-state index contributed by atoms with van der Waals surface area (Å²) in [5.74, 6) is 1.88. The molecule has 23 heavy (non-hydrogen) atoms. The number of amides is 1. The van der Waals surface area contributed by atoms with Crippen LogP contribution < -0.4 is 4.74 Å². The fourth-order valence-electron chi connectivity index (χ4n) is 2.91. The van der Waals surface area contributed by atoms with Crippen LogP contribution in [0.3, 0.4) is 0 Å². The molecule has 0 aliphatic carbocycles. The van der Waals surface area contributed by atoms with Crippen molar-refractivity contribution in [3.05, 3.63) is 40.4 Å². The number of nitrogens with one attached hydrogen (secondary N) is 1. The second kappa shape index (κ2) is 6.58. The minimum atomic E-state index is -0.0946. The Morgan fingerprint density at radius 1 is 1.43 bits per heavy atom. The molecule has 7 heteroatoms. The van der Waals surface area contributed by atoms with Crippen molar-refractivity contribution < 1.29 is 9.53 Å². The first-order chi connectivity index (χ1) is 11.1. The highest BCUT2D eigenvalue weighted by molar-refractivity contribution is 6.32. The largest absolute Gasteiger partial charge is 0.495 e. The van der Waals surface area contributed by atoms with Crippen LogP contribution in [0.15, 0.2) is 18.2 Å². The average Bonchev–Trinajstić information content (AvgIpc) is 3.01. The van der Waals surface area contributed by atoms with Gasteiger partial charge in [-0.1, -0.05) is 11.6 Å². The highest BCUT2D eigenvalue weighted by atomic mass is 35.5. The van der Waals surface area contributed by atoms with Crippen LogP contribution in [0.2, 0.25) is 5.02 Å². The number of piperidine rings is 1. The third kappa shape index (κ3) is 3.17. The van der Waals surface area contributed by atoms with E-state index in [2.05, 4.69) is 15.2 Å². The molecule has 1 saturated heterocycles. The molecule has 1 amide bonds. The molecule has 1 aliphatic heterocycles. The highest BCUT2D eigenvalue weighted by Gasteiger charge is 2.31.